The zero-order valence-corrected chi connectivity index (χ0v) is 13.4. The van der Waals surface area contributed by atoms with Gasteiger partial charge in [0.15, 0.2) is 11.5 Å². The molecule has 1 aromatic heterocycles. The lowest BCUT2D eigenvalue weighted by Crippen LogP contribution is -2.49. The van der Waals surface area contributed by atoms with Gasteiger partial charge < -0.3 is 14.4 Å². The van der Waals surface area contributed by atoms with Crippen molar-refractivity contribution < 1.29 is 14.3 Å². The second-order valence-corrected chi connectivity index (χ2v) is 5.97. The average molecular weight is 328 g/mol. The molecule has 4 rings (SSSR count). The molecule has 7 nitrogen and oxygen atoms in total. The number of ether oxygens (including phenoxy) is 2. The van der Waals surface area contributed by atoms with Gasteiger partial charge in [0.25, 0.3) is 5.91 Å². The molecule has 2 aliphatic rings. The molecule has 3 heterocycles. The number of benzene rings is 1. The summed E-state index contributed by atoms with van der Waals surface area (Å²) in [7, 11) is 0. The lowest BCUT2D eigenvalue weighted by Gasteiger charge is -2.34. The first kappa shape index (κ1) is 15.0. The van der Waals surface area contributed by atoms with Crippen molar-refractivity contribution in [2.45, 2.75) is 6.54 Å². The van der Waals surface area contributed by atoms with Gasteiger partial charge >= 0.3 is 0 Å². The Kier molecular flexibility index (Phi) is 4.08. The van der Waals surface area contributed by atoms with Crippen molar-refractivity contribution in [2.75, 3.05) is 39.5 Å². The van der Waals surface area contributed by atoms with Crippen molar-refractivity contribution in [2.24, 2.45) is 0 Å². The van der Waals surface area contributed by atoms with Gasteiger partial charge in [0.2, 0.25) is 6.79 Å². The monoisotopic (exact) mass is 328 g/mol. The number of hydrogen-bond donors (Lipinski definition) is 0. The van der Waals surface area contributed by atoms with Gasteiger partial charge in [-0.05, 0) is 24.3 Å². The molecule has 0 aliphatic carbocycles. The van der Waals surface area contributed by atoms with Crippen LogP contribution in [0.15, 0.2) is 36.7 Å². The second kappa shape index (κ2) is 6.52. The van der Waals surface area contributed by atoms with Crippen LogP contribution in [0, 0.1) is 0 Å². The summed E-state index contributed by atoms with van der Waals surface area (Å²) in [5, 5.41) is 4.22. The van der Waals surface area contributed by atoms with E-state index < -0.39 is 0 Å². The fraction of sp³-hybridized carbons (Fsp3) is 0.412. The molecule has 1 saturated heterocycles. The standard InChI is InChI=1S/C17H20N4O3/c22-17(14-2-3-15-16(12-14)24-13-23-15)20-9-6-19(7-10-20)8-11-21-5-1-4-18-21/h1-5,12H,6-11,13H2. The molecule has 126 valence electrons. The predicted molar refractivity (Wildman–Crippen MR) is 87.1 cm³/mol. The van der Waals surface area contributed by atoms with E-state index in [1.165, 1.54) is 0 Å². The maximum absolute atomic E-state index is 12.6. The van der Waals surface area contributed by atoms with Gasteiger partial charge in [-0.1, -0.05) is 0 Å². The van der Waals surface area contributed by atoms with Crippen molar-refractivity contribution in [3.8, 4) is 11.5 Å². The third-order valence-corrected chi connectivity index (χ3v) is 4.48. The number of carbonyl (C=O) groups is 1. The topological polar surface area (TPSA) is 59.8 Å². The van der Waals surface area contributed by atoms with Crippen molar-refractivity contribution in [1.82, 2.24) is 19.6 Å². The Morgan fingerprint density at radius 1 is 1.08 bits per heavy atom. The van der Waals surface area contributed by atoms with Crippen LogP contribution >= 0.6 is 0 Å². The molecule has 7 heteroatoms. The summed E-state index contributed by atoms with van der Waals surface area (Å²) in [6.45, 7) is 5.31. The highest BCUT2D eigenvalue weighted by Crippen LogP contribution is 2.32. The lowest BCUT2D eigenvalue weighted by atomic mass is 10.1. The van der Waals surface area contributed by atoms with E-state index in [-0.39, 0.29) is 12.7 Å². The Morgan fingerprint density at radius 3 is 2.71 bits per heavy atom. The number of carbonyl (C=O) groups excluding carboxylic acids is 1. The maximum atomic E-state index is 12.6. The normalized spacial score (nSPS) is 17.2. The fourth-order valence-corrected chi connectivity index (χ4v) is 3.06. The van der Waals surface area contributed by atoms with Gasteiger partial charge in [0.1, 0.15) is 0 Å². The van der Waals surface area contributed by atoms with Gasteiger partial charge in [-0.25, -0.2) is 0 Å². The SMILES string of the molecule is O=C(c1ccc2c(c1)OCO2)N1CCN(CCn2cccn2)CC1. The van der Waals surface area contributed by atoms with Gasteiger partial charge in [0, 0.05) is 50.7 Å². The largest absolute Gasteiger partial charge is 0.454 e. The second-order valence-electron chi connectivity index (χ2n) is 5.97. The smallest absolute Gasteiger partial charge is 0.254 e. The summed E-state index contributed by atoms with van der Waals surface area (Å²) < 4.78 is 12.6. The van der Waals surface area contributed by atoms with Crippen LogP contribution in [-0.2, 0) is 6.54 Å². The van der Waals surface area contributed by atoms with E-state index in [1.807, 2.05) is 21.8 Å². The lowest BCUT2D eigenvalue weighted by molar-refractivity contribution is 0.0631. The van der Waals surface area contributed by atoms with Gasteiger partial charge in [-0.3, -0.25) is 14.4 Å². The fourth-order valence-electron chi connectivity index (χ4n) is 3.06. The number of amides is 1. The van der Waals surface area contributed by atoms with Crippen LogP contribution in [-0.4, -0.2) is 65.0 Å². The summed E-state index contributed by atoms with van der Waals surface area (Å²) in [5.41, 5.74) is 0.657. The van der Waals surface area contributed by atoms with E-state index in [2.05, 4.69) is 10.00 Å². The van der Waals surface area contributed by atoms with Crippen LogP contribution in [0.25, 0.3) is 0 Å². The first-order valence-electron chi connectivity index (χ1n) is 8.18. The van der Waals surface area contributed by atoms with E-state index in [1.54, 1.807) is 24.4 Å². The number of rotatable bonds is 4. The molecule has 2 aromatic rings. The Balaban J connectivity index is 1.31. The molecular formula is C17H20N4O3. The summed E-state index contributed by atoms with van der Waals surface area (Å²) in [6.07, 6.45) is 3.77. The van der Waals surface area contributed by atoms with Gasteiger partial charge in [-0.15, -0.1) is 0 Å². The Bertz CT molecular complexity index is 709. The first-order chi connectivity index (χ1) is 11.8. The molecule has 0 saturated carbocycles. The Morgan fingerprint density at radius 2 is 1.92 bits per heavy atom. The third-order valence-electron chi connectivity index (χ3n) is 4.48. The van der Waals surface area contributed by atoms with E-state index in [0.29, 0.717) is 17.1 Å². The third kappa shape index (κ3) is 3.07. The van der Waals surface area contributed by atoms with Crippen LogP contribution in [0.3, 0.4) is 0 Å². The minimum atomic E-state index is 0.0556. The molecule has 24 heavy (non-hydrogen) atoms. The van der Waals surface area contributed by atoms with E-state index in [9.17, 15) is 4.79 Å². The summed E-state index contributed by atoms with van der Waals surface area (Å²) in [5.74, 6) is 1.41. The highest BCUT2D eigenvalue weighted by molar-refractivity contribution is 5.95. The molecule has 1 fully saturated rings. The van der Waals surface area contributed by atoms with Crippen molar-refractivity contribution in [3.05, 3.63) is 42.2 Å². The van der Waals surface area contributed by atoms with Crippen molar-refractivity contribution in [3.63, 3.8) is 0 Å². The van der Waals surface area contributed by atoms with Crippen LogP contribution in [0.5, 0.6) is 11.5 Å². The number of aromatic nitrogens is 2. The number of piperazine rings is 1. The highest BCUT2D eigenvalue weighted by Gasteiger charge is 2.24. The zero-order valence-electron chi connectivity index (χ0n) is 13.4. The maximum Gasteiger partial charge on any atom is 0.254 e. The molecule has 0 bridgehead atoms. The first-order valence-corrected chi connectivity index (χ1v) is 8.18. The predicted octanol–water partition coefficient (Wildman–Crippen LogP) is 1.07. The Labute approximate surface area is 140 Å². The van der Waals surface area contributed by atoms with E-state index in [4.69, 9.17) is 9.47 Å². The van der Waals surface area contributed by atoms with Gasteiger partial charge in [-0.2, -0.15) is 5.10 Å². The zero-order chi connectivity index (χ0) is 16.4. The number of hydrogen-bond acceptors (Lipinski definition) is 5. The molecule has 0 N–H and O–H groups in total. The minimum absolute atomic E-state index is 0.0556. The van der Waals surface area contributed by atoms with E-state index in [0.717, 1.165) is 39.3 Å². The van der Waals surface area contributed by atoms with E-state index >= 15 is 0 Å². The van der Waals surface area contributed by atoms with Crippen LogP contribution in [0.4, 0.5) is 0 Å². The molecule has 1 amide bonds. The molecular weight excluding hydrogens is 308 g/mol. The van der Waals surface area contributed by atoms with Crippen molar-refractivity contribution in [1.29, 1.82) is 0 Å². The molecule has 0 atom stereocenters. The summed E-state index contributed by atoms with van der Waals surface area (Å²) in [6, 6.07) is 7.31. The highest BCUT2D eigenvalue weighted by atomic mass is 16.7. The molecule has 0 spiro atoms. The molecule has 0 unspecified atom stereocenters. The average Bonchev–Trinajstić information content (AvgIpc) is 3.30. The van der Waals surface area contributed by atoms with Crippen molar-refractivity contribution >= 4 is 5.91 Å². The summed E-state index contributed by atoms with van der Waals surface area (Å²) >= 11 is 0. The Hall–Kier alpha value is -2.54. The summed E-state index contributed by atoms with van der Waals surface area (Å²) in [4.78, 5) is 16.9. The van der Waals surface area contributed by atoms with Crippen LogP contribution < -0.4 is 9.47 Å². The van der Waals surface area contributed by atoms with Gasteiger partial charge in [0.05, 0.1) is 6.54 Å². The van der Waals surface area contributed by atoms with Crippen LogP contribution in [0.2, 0.25) is 0 Å². The molecule has 2 aliphatic heterocycles. The number of nitrogens with zero attached hydrogens (tertiary/aromatic N) is 4. The number of fused-ring (bicyclic) bond motifs is 1. The molecule has 0 radical (unpaired) electrons. The molecule has 1 aromatic carbocycles. The van der Waals surface area contributed by atoms with Crippen LogP contribution in [0.1, 0.15) is 10.4 Å². The minimum Gasteiger partial charge on any atom is -0.454 e. The quantitative estimate of drug-likeness (QED) is 0.840.